The molecule has 0 unspecified atom stereocenters. The van der Waals surface area contributed by atoms with Crippen LogP contribution in [-0.4, -0.2) is 54.1 Å². The molecule has 5 rings (SSSR count). The van der Waals surface area contributed by atoms with Gasteiger partial charge in [-0.3, -0.25) is 19.8 Å². The summed E-state index contributed by atoms with van der Waals surface area (Å²) in [5.74, 6) is 0.615. The van der Waals surface area contributed by atoms with E-state index >= 15 is 0 Å². The van der Waals surface area contributed by atoms with Gasteiger partial charge >= 0.3 is 5.63 Å². The second kappa shape index (κ2) is 12.3. The highest BCUT2D eigenvalue weighted by Crippen LogP contribution is 2.29. The fraction of sp³-hybridized carbons (Fsp3) is 0.429. The monoisotopic (exact) mass is 598 g/mol. The molecule has 0 atom stereocenters. The van der Waals surface area contributed by atoms with Gasteiger partial charge in [0.1, 0.15) is 17.4 Å². The number of nitrogens with one attached hydrogen (secondary N) is 2. The summed E-state index contributed by atoms with van der Waals surface area (Å²) in [6.07, 6.45) is 3.76. The Morgan fingerprint density at radius 1 is 1.13 bits per heavy atom. The molecule has 1 aromatic heterocycles. The highest BCUT2D eigenvalue weighted by molar-refractivity contribution is 9.10. The minimum Gasteiger partial charge on any atom is -0.489 e. The number of hydrogen-bond acceptors (Lipinski definition) is 8. The Morgan fingerprint density at radius 2 is 1.90 bits per heavy atom. The number of nitro benzene ring substituents is 1. The van der Waals surface area contributed by atoms with E-state index in [0.29, 0.717) is 5.39 Å². The van der Waals surface area contributed by atoms with E-state index in [2.05, 4.69) is 43.6 Å². The molecule has 206 valence electrons. The number of likely N-dealkylation sites (tertiary alicyclic amines) is 1. The first-order chi connectivity index (χ1) is 18.8. The van der Waals surface area contributed by atoms with Crippen molar-refractivity contribution in [2.24, 2.45) is 0 Å². The van der Waals surface area contributed by atoms with Crippen LogP contribution in [0, 0.1) is 10.1 Å². The first-order valence-electron chi connectivity index (χ1n) is 13.2. The van der Waals surface area contributed by atoms with E-state index in [0.717, 1.165) is 68.6 Å². The summed E-state index contributed by atoms with van der Waals surface area (Å²) >= 11 is 3.67. The fourth-order valence-electron chi connectivity index (χ4n) is 5.17. The predicted molar refractivity (Wildman–Crippen MR) is 150 cm³/mol. The van der Waals surface area contributed by atoms with Crippen LogP contribution in [-0.2, 0) is 17.8 Å². The quantitative estimate of drug-likeness (QED) is 0.227. The second-order valence-electron chi connectivity index (χ2n) is 10.2. The number of nitrogens with zero attached hydrogens (tertiary/aromatic N) is 2. The molecule has 0 spiro atoms. The summed E-state index contributed by atoms with van der Waals surface area (Å²) in [4.78, 5) is 37.9. The lowest BCUT2D eigenvalue weighted by Crippen LogP contribution is -2.45. The van der Waals surface area contributed by atoms with E-state index in [1.165, 1.54) is 29.8 Å². The topological polar surface area (TPSA) is 127 Å². The lowest BCUT2D eigenvalue weighted by Gasteiger charge is -2.32. The molecule has 3 heterocycles. The number of piperidine rings is 2. The van der Waals surface area contributed by atoms with Crippen molar-refractivity contribution in [2.75, 3.05) is 26.2 Å². The van der Waals surface area contributed by atoms with Crippen LogP contribution in [0.4, 0.5) is 5.69 Å². The molecule has 0 aliphatic carbocycles. The van der Waals surface area contributed by atoms with Gasteiger partial charge in [0, 0.05) is 48.8 Å². The van der Waals surface area contributed by atoms with Crippen molar-refractivity contribution in [1.82, 2.24) is 15.5 Å². The average Bonchev–Trinajstić information content (AvgIpc) is 2.92. The molecule has 0 saturated carbocycles. The number of nitro groups is 1. The number of carbonyl (C=O) groups is 1. The third-order valence-electron chi connectivity index (χ3n) is 7.28. The molecule has 0 bridgehead atoms. The fourth-order valence-corrected chi connectivity index (χ4v) is 5.69. The Balaban J connectivity index is 1.11. The van der Waals surface area contributed by atoms with Crippen molar-refractivity contribution < 1.29 is 18.9 Å². The van der Waals surface area contributed by atoms with Crippen LogP contribution >= 0.6 is 15.9 Å². The number of fused-ring (bicyclic) bond motifs is 1. The Bertz CT molecular complexity index is 1410. The molecule has 39 heavy (non-hydrogen) atoms. The summed E-state index contributed by atoms with van der Waals surface area (Å²) < 4.78 is 12.4. The summed E-state index contributed by atoms with van der Waals surface area (Å²) in [6.45, 7) is 4.48. The molecule has 2 aromatic carbocycles. The minimum atomic E-state index is -0.611. The number of benzene rings is 2. The Morgan fingerprint density at radius 3 is 2.62 bits per heavy atom. The molecule has 2 fully saturated rings. The first kappa shape index (κ1) is 27.3. The normalized spacial score (nSPS) is 17.3. The molecule has 2 aliphatic rings. The SMILES string of the molecule is O=C(Cc1cc2cc([N+](=O)[O-])ccc2oc1=O)NC1CCN(Cc2ccc(OC3CCNCC3)c(Br)c2)CC1. The molecular formula is C28H31BrN4O6. The van der Waals surface area contributed by atoms with Crippen LogP contribution in [0.3, 0.4) is 0 Å². The number of carbonyl (C=O) groups excluding carboxylic acids is 1. The molecule has 2 N–H and O–H groups in total. The summed E-state index contributed by atoms with van der Waals surface area (Å²) in [5.41, 5.74) is 0.909. The smallest absolute Gasteiger partial charge is 0.339 e. The minimum absolute atomic E-state index is 0.0230. The van der Waals surface area contributed by atoms with Crippen LogP contribution in [0.5, 0.6) is 5.75 Å². The molecule has 1 amide bonds. The zero-order valence-electron chi connectivity index (χ0n) is 21.5. The number of amides is 1. The summed E-state index contributed by atoms with van der Waals surface area (Å²) in [6, 6.07) is 11.8. The van der Waals surface area contributed by atoms with Crippen molar-refractivity contribution in [3.8, 4) is 5.75 Å². The number of rotatable bonds is 8. The van der Waals surface area contributed by atoms with Gasteiger partial charge in [0.05, 0.1) is 15.8 Å². The summed E-state index contributed by atoms with van der Waals surface area (Å²) in [7, 11) is 0. The third-order valence-corrected chi connectivity index (χ3v) is 7.90. The number of ether oxygens (including phenoxy) is 1. The number of hydrogen-bond donors (Lipinski definition) is 2. The maximum Gasteiger partial charge on any atom is 0.339 e. The van der Waals surface area contributed by atoms with E-state index in [9.17, 15) is 19.7 Å². The van der Waals surface area contributed by atoms with Gasteiger partial charge < -0.3 is 19.8 Å². The lowest BCUT2D eigenvalue weighted by molar-refractivity contribution is -0.384. The van der Waals surface area contributed by atoms with Gasteiger partial charge in [-0.15, -0.1) is 0 Å². The Kier molecular flexibility index (Phi) is 8.59. The van der Waals surface area contributed by atoms with Gasteiger partial charge in [0.15, 0.2) is 0 Å². The maximum absolute atomic E-state index is 12.7. The molecule has 11 heteroatoms. The van der Waals surface area contributed by atoms with Gasteiger partial charge in [-0.05, 0) is 84.5 Å². The van der Waals surface area contributed by atoms with E-state index in [4.69, 9.17) is 9.15 Å². The van der Waals surface area contributed by atoms with Gasteiger partial charge in [-0.25, -0.2) is 4.79 Å². The van der Waals surface area contributed by atoms with Gasteiger partial charge in [-0.2, -0.15) is 0 Å². The number of non-ortho nitro benzene ring substituents is 1. The predicted octanol–water partition coefficient (Wildman–Crippen LogP) is 3.92. The second-order valence-corrected chi connectivity index (χ2v) is 11.0. The Hall–Kier alpha value is -3.28. The molecular weight excluding hydrogens is 568 g/mol. The molecule has 3 aromatic rings. The average molecular weight is 599 g/mol. The zero-order valence-corrected chi connectivity index (χ0v) is 23.1. The lowest BCUT2D eigenvalue weighted by atomic mass is 10.0. The van der Waals surface area contributed by atoms with Crippen LogP contribution in [0.1, 0.15) is 36.8 Å². The highest BCUT2D eigenvalue weighted by Gasteiger charge is 2.22. The maximum atomic E-state index is 12.7. The molecule has 2 aliphatic heterocycles. The number of halogens is 1. The van der Waals surface area contributed by atoms with E-state index in [-0.39, 0.29) is 41.3 Å². The molecule has 10 nitrogen and oxygen atoms in total. The van der Waals surface area contributed by atoms with E-state index < -0.39 is 10.5 Å². The largest absolute Gasteiger partial charge is 0.489 e. The first-order valence-corrected chi connectivity index (χ1v) is 14.0. The van der Waals surface area contributed by atoms with Crippen LogP contribution in [0.25, 0.3) is 11.0 Å². The summed E-state index contributed by atoms with van der Waals surface area (Å²) in [5, 5.41) is 17.8. The third kappa shape index (κ3) is 7.03. The van der Waals surface area contributed by atoms with Crippen LogP contribution < -0.4 is 21.0 Å². The molecule has 0 radical (unpaired) electrons. The molecule has 2 saturated heterocycles. The van der Waals surface area contributed by atoms with E-state index in [1.54, 1.807) is 0 Å². The van der Waals surface area contributed by atoms with Crippen LogP contribution in [0.2, 0.25) is 0 Å². The van der Waals surface area contributed by atoms with Gasteiger partial charge in [0.25, 0.3) is 5.69 Å². The van der Waals surface area contributed by atoms with E-state index in [1.807, 2.05) is 6.07 Å². The highest BCUT2D eigenvalue weighted by atomic mass is 79.9. The van der Waals surface area contributed by atoms with Crippen molar-refractivity contribution in [3.63, 3.8) is 0 Å². The van der Waals surface area contributed by atoms with Crippen LogP contribution in [0.15, 0.2) is 56.1 Å². The van der Waals surface area contributed by atoms with Gasteiger partial charge in [-0.1, -0.05) is 6.07 Å². The van der Waals surface area contributed by atoms with Crippen molar-refractivity contribution in [3.05, 3.63) is 78.6 Å². The van der Waals surface area contributed by atoms with Crippen molar-refractivity contribution in [2.45, 2.75) is 50.8 Å². The van der Waals surface area contributed by atoms with Crippen molar-refractivity contribution >= 4 is 38.5 Å². The standard InChI is InChI=1S/C28H31BrN4O6/c29-24-13-18(1-3-26(24)38-23-5-9-30-10-6-23)17-32-11-7-21(8-12-32)31-27(34)16-20-14-19-15-22(33(36)37)2-4-25(19)39-28(20)35/h1-4,13-15,21,23,30H,5-12,16-17H2,(H,31,34). The Labute approximate surface area is 234 Å². The van der Waals surface area contributed by atoms with Gasteiger partial charge in [0.2, 0.25) is 5.91 Å². The van der Waals surface area contributed by atoms with Crippen molar-refractivity contribution in [1.29, 1.82) is 0 Å². The zero-order chi connectivity index (χ0) is 27.4.